The maximum Gasteiger partial charge on any atom is 0.0796 e. The molecule has 118 valence electrons. The summed E-state index contributed by atoms with van der Waals surface area (Å²) >= 11 is 3.46. The maximum absolute atomic E-state index is 10.7. The highest BCUT2D eigenvalue weighted by molar-refractivity contribution is 9.10. The molecule has 0 saturated carbocycles. The zero-order chi connectivity index (χ0) is 15.5. The molecule has 1 unspecified atom stereocenters. The second-order valence-corrected chi connectivity index (χ2v) is 7.42. The van der Waals surface area contributed by atoms with Gasteiger partial charge < -0.3 is 15.3 Å². The molecule has 0 aliphatic carbocycles. The summed E-state index contributed by atoms with van der Waals surface area (Å²) in [5, 5.41) is 14.2. The molecule has 1 aliphatic rings. The van der Waals surface area contributed by atoms with E-state index in [1.54, 1.807) is 0 Å². The van der Waals surface area contributed by atoms with E-state index in [0.29, 0.717) is 12.6 Å². The Morgan fingerprint density at radius 3 is 2.29 bits per heavy atom. The van der Waals surface area contributed by atoms with E-state index in [-0.39, 0.29) is 6.04 Å². The normalized spacial score (nSPS) is 20.7. The van der Waals surface area contributed by atoms with Crippen molar-refractivity contribution in [2.24, 2.45) is 0 Å². The summed E-state index contributed by atoms with van der Waals surface area (Å²) in [6.45, 7) is 9.23. The molecule has 2 rings (SSSR count). The van der Waals surface area contributed by atoms with Gasteiger partial charge in [-0.25, -0.2) is 0 Å². The summed E-state index contributed by atoms with van der Waals surface area (Å²) in [5.74, 6) is 0. The number of nitrogens with zero attached hydrogens (tertiary/aromatic N) is 1. The van der Waals surface area contributed by atoms with Crippen LogP contribution in [0.2, 0.25) is 0 Å². The number of halogens is 1. The van der Waals surface area contributed by atoms with Gasteiger partial charge in [0.05, 0.1) is 5.60 Å². The Morgan fingerprint density at radius 2 is 1.76 bits per heavy atom. The van der Waals surface area contributed by atoms with Gasteiger partial charge in [-0.1, -0.05) is 28.1 Å². The number of hydrogen-bond acceptors (Lipinski definition) is 3. The van der Waals surface area contributed by atoms with Crippen molar-refractivity contribution in [1.29, 1.82) is 0 Å². The largest absolute Gasteiger partial charge is 0.388 e. The van der Waals surface area contributed by atoms with Crippen LogP contribution >= 0.6 is 15.9 Å². The van der Waals surface area contributed by atoms with Crippen LogP contribution in [0.25, 0.3) is 0 Å². The minimum atomic E-state index is -0.561. The van der Waals surface area contributed by atoms with Gasteiger partial charge in [0.2, 0.25) is 0 Å². The Labute approximate surface area is 136 Å². The molecule has 1 saturated heterocycles. The van der Waals surface area contributed by atoms with Gasteiger partial charge in [0.15, 0.2) is 0 Å². The van der Waals surface area contributed by atoms with Crippen molar-refractivity contribution >= 4 is 15.9 Å². The van der Waals surface area contributed by atoms with Crippen molar-refractivity contribution in [3.8, 4) is 0 Å². The standard InChI is InChI=1S/C17H27BrN2O/c1-13(2)20-10-8-17(21,9-11-20)12-19-14(3)15-4-6-16(18)7-5-15/h4-7,13-14,19,21H,8-12H2,1-3H3. The van der Waals surface area contributed by atoms with Gasteiger partial charge in [-0.3, -0.25) is 0 Å². The number of aliphatic hydroxyl groups is 1. The van der Waals surface area contributed by atoms with Gasteiger partial charge in [-0.2, -0.15) is 0 Å². The Hall–Kier alpha value is -0.420. The van der Waals surface area contributed by atoms with E-state index in [0.717, 1.165) is 30.4 Å². The molecule has 0 aromatic heterocycles. The number of hydrogen-bond donors (Lipinski definition) is 2. The third-order valence-corrected chi connectivity index (χ3v) is 5.10. The molecule has 1 aromatic rings. The molecular formula is C17H27BrN2O. The van der Waals surface area contributed by atoms with Crippen LogP contribution in [-0.4, -0.2) is 41.3 Å². The molecule has 1 heterocycles. The average Bonchev–Trinajstić information content (AvgIpc) is 2.46. The van der Waals surface area contributed by atoms with Crippen LogP contribution in [0.5, 0.6) is 0 Å². The summed E-state index contributed by atoms with van der Waals surface area (Å²) in [7, 11) is 0. The van der Waals surface area contributed by atoms with E-state index in [1.165, 1.54) is 5.56 Å². The minimum absolute atomic E-state index is 0.255. The topological polar surface area (TPSA) is 35.5 Å². The van der Waals surface area contributed by atoms with Crippen molar-refractivity contribution in [1.82, 2.24) is 10.2 Å². The summed E-state index contributed by atoms with van der Waals surface area (Å²) in [6.07, 6.45) is 1.70. The Balaban J connectivity index is 1.83. The van der Waals surface area contributed by atoms with E-state index >= 15 is 0 Å². The lowest BCUT2D eigenvalue weighted by atomic mass is 9.90. The van der Waals surface area contributed by atoms with Crippen LogP contribution < -0.4 is 5.32 Å². The molecule has 4 heteroatoms. The molecule has 1 aliphatic heterocycles. The van der Waals surface area contributed by atoms with Crippen LogP contribution in [0.3, 0.4) is 0 Å². The predicted octanol–water partition coefficient (Wildman–Crippen LogP) is 3.34. The fourth-order valence-electron chi connectivity index (χ4n) is 2.85. The smallest absolute Gasteiger partial charge is 0.0796 e. The van der Waals surface area contributed by atoms with Crippen LogP contribution in [0, 0.1) is 0 Å². The molecule has 0 amide bonds. The molecular weight excluding hydrogens is 328 g/mol. The number of nitrogens with one attached hydrogen (secondary N) is 1. The lowest BCUT2D eigenvalue weighted by Gasteiger charge is -2.40. The molecule has 0 spiro atoms. The van der Waals surface area contributed by atoms with Gasteiger partial charge >= 0.3 is 0 Å². The molecule has 1 fully saturated rings. The Morgan fingerprint density at radius 1 is 1.19 bits per heavy atom. The summed E-state index contributed by atoms with van der Waals surface area (Å²) in [5.41, 5.74) is 0.691. The molecule has 2 N–H and O–H groups in total. The number of piperidine rings is 1. The van der Waals surface area contributed by atoms with Gasteiger partial charge in [0, 0.05) is 36.2 Å². The highest BCUT2D eigenvalue weighted by Crippen LogP contribution is 2.24. The predicted molar refractivity (Wildman–Crippen MR) is 91.5 cm³/mol. The lowest BCUT2D eigenvalue weighted by Crippen LogP contribution is -2.51. The van der Waals surface area contributed by atoms with Gasteiger partial charge in [0.1, 0.15) is 0 Å². The van der Waals surface area contributed by atoms with Crippen LogP contribution in [0.4, 0.5) is 0 Å². The quantitative estimate of drug-likeness (QED) is 0.851. The van der Waals surface area contributed by atoms with Crippen LogP contribution in [-0.2, 0) is 0 Å². The van der Waals surface area contributed by atoms with Crippen molar-refractivity contribution in [3.63, 3.8) is 0 Å². The number of likely N-dealkylation sites (tertiary alicyclic amines) is 1. The molecule has 21 heavy (non-hydrogen) atoms. The lowest BCUT2D eigenvalue weighted by molar-refractivity contribution is -0.0277. The first kappa shape index (κ1) is 16.9. The van der Waals surface area contributed by atoms with Crippen LogP contribution in [0.15, 0.2) is 28.7 Å². The highest BCUT2D eigenvalue weighted by Gasteiger charge is 2.33. The third kappa shape index (κ3) is 4.78. The van der Waals surface area contributed by atoms with E-state index in [4.69, 9.17) is 0 Å². The Kier molecular flexibility index (Phi) is 5.83. The summed E-state index contributed by atoms with van der Waals surface area (Å²) < 4.78 is 1.10. The van der Waals surface area contributed by atoms with Gasteiger partial charge in [0.25, 0.3) is 0 Å². The molecule has 0 bridgehead atoms. The van der Waals surface area contributed by atoms with E-state index in [2.05, 4.69) is 71.2 Å². The van der Waals surface area contributed by atoms with Gasteiger partial charge in [-0.15, -0.1) is 0 Å². The van der Waals surface area contributed by atoms with Crippen molar-refractivity contribution in [2.45, 2.75) is 51.3 Å². The highest BCUT2D eigenvalue weighted by atomic mass is 79.9. The third-order valence-electron chi connectivity index (χ3n) is 4.57. The Bertz CT molecular complexity index is 439. The average molecular weight is 355 g/mol. The summed E-state index contributed by atoms with van der Waals surface area (Å²) in [4.78, 5) is 2.44. The second-order valence-electron chi connectivity index (χ2n) is 6.51. The van der Waals surface area contributed by atoms with E-state index in [1.807, 2.05) is 0 Å². The molecule has 0 radical (unpaired) electrons. The zero-order valence-corrected chi connectivity index (χ0v) is 14.9. The second kappa shape index (κ2) is 7.23. The monoisotopic (exact) mass is 354 g/mol. The van der Waals surface area contributed by atoms with E-state index in [9.17, 15) is 5.11 Å². The molecule has 3 nitrogen and oxygen atoms in total. The molecule has 1 aromatic carbocycles. The fourth-order valence-corrected chi connectivity index (χ4v) is 3.11. The molecule has 1 atom stereocenters. The summed E-state index contributed by atoms with van der Waals surface area (Å²) in [6, 6.07) is 9.18. The number of rotatable bonds is 5. The minimum Gasteiger partial charge on any atom is -0.388 e. The van der Waals surface area contributed by atoms with Crippen molar-refractivity contribution < 1.29 is 5.11 Å². The zero-order valence-electron chi connectivity index (χ0n) is 13.3. The van der Waals surface area contributed by atoms with E-state index < -0.39 is 5.60 Å². The first-order valence-corrected chi connectivity index (χ1v) is 8.64. The number of benzene rings is 1. The van der Waals surface area contributed by atoms with Gasteiger partial charge in [-0.05, 0) is 51.3 Å². The SMILES string of the molecule is CC(NCC1(O)CCN(C(C)C)CC1)c1ccc(Br)cc1. The van der Waals surface area contributed by atoms with Crippen molar-refractivity contribution in [2.75, 3.05) is 19.6 Å². The van der Waals surface area contributed by atoms with Crippen LogP contribution in [0.1, 0.15) is 45.2 Å². The first-order valence-electron chi connectivity index (χ1n) is 7.85. The van der Waals surface area contributed by atoms with Crippen molar-refractivity contribution in [3.05, 3.63) is 34.3 Å². The first-order chi connectivity index (χ1) is 9.89. The fraction of sp³-hybridized carbons (Fsp3) is 0.647. The maximum atomic E-state index is 10.7.